The summed E-state index contributed by atoms with van der Waals surface area (Å²) in [4.78, 5) is 0. The predicted molar refractivity (Wildman–Crippen MR) is 67.1 cm³/mol. The smallest absolute Gasteiger partial charge is 0.0619 e. The van der Waals surface area contributed by atoms with Crippen LogP contribution in [0.15, 0.2) is 15.2 Å². The fourth-order valence-corrected chi connectivity index (χ4v) is 3.86. The van der Waals surface area contributed by atoms with Crippen LogP contribution < -0.4 is 5.73 Å². The Bertz CT molecular complexity index is 328. The average Bonchev–Trinajstić information content (AvgIpc) is 2.84. The molecule has 1 fully saturated rings. The maximum Gasteiger partial charge on any atom is 0.0619 e. The molecule has 3 atom stereocenters. The zero-order valence-electron chi connectivity index (χ0n) is 8.78. The molecule has 2 N–H and O–H groups in total. The molecule has 84 valence electrons. The van der Waals surface area contributed by atoms with Crippen molar-refractivity contribution >= 4 is 27.3 Å². The minimum atomic E-state index is 0.109. The van der Waals surface area contributed by atoms with Gasteiger partial charge >= 0.3 is 0 Å². The van der Waals surface area contributed by atoms with E-state index in [0.717, 1.165) is 23.9 Å². The standard InChI is InChI=1S/C11H16BrNOS/c1-2-10-7(3-4-14-10)11(13)8-5-15-6-9(8)12/h5-7,10-11H,2-4,13H2,1H3. The Labute approximate surface area is 103 Å². The van der Waals surface area contributed by atoms with Crippen molar-refractivity contribution in [1.82, 2.24) is 0 Å². The fourth-order valence-electron chi connectivity index (χ4n) is 2.26. The van der Waals surface area contributed by atoms with E-state index in [1.807, 2.05) is 0 Å². The highest BCUT2D eigenvalue weighted by Crippen LogP contribution is 2.37. The molecule has 2 nitrogen and oxygen atoms in total. The van der Waals surface area contributed by atoms with Gasteiger partial charge in [-0.25, -0.2) is 0 Å². The molecule has 1 saturated heterocycles. The molecule has 2 heterocycles. The first-order valence-electron chi connectivity index (χ1n) is 5.32. The molecule has 0 bridgehead atoms. The van der Waals surface area contributed by atoms with Crippen molar-refractivity contribution < 1.29 is 4.74 Å². The summed E-state index contributed by atoms with van der Waals surface area (Å²) >= 11 is 5.24. The van der Waals surface area contributed by atoms with E-state index in [1.165, 1.54) is 5.56 Å². The molecule has 3 unspecified atom stereocenters. The summed E-state index contributed by atoms with van der Waals surface area (Å²) in [5, 5.41) is 4.23. The van der Waals surface area contributed by atoms with Crippen LogP contribution >= 0.6 is 27.3 Å². The number of halogens is 1. The third-order valence-corrected chi connectivity index (χ3v) is 4.88. The Balaban J connectivity index is 2.13. The molecule has 1 aromatic heterocycles. The van der Waals surface area contributed by atoms with Crippen LogP contribution in [0.2, 0.25) is 0 Å². The normalized spacial score (nSPS) is 28.2. The lowest BCUT2D eigenvalue weighted by atomic mass is 9.88. The number of nitrogens with two attached hydrogens (primary N) is 1. The molecule has 0 saturated carbocycles. The predicted octanol–water partition coefficient (Wildman–Crippen LogP) is 3.33. The number of hydrogen-bond acceptors (Lipinski definition) is 3. The monoisotopic (exact) mass is 289 g/mol. The Morgan fingerprint density at radius 1 is 1.67 bits per heavy atom. The van der Waals surface area contributed by atoms with Crippen molar-refractivity contribution in [2.75, 3.05) is 6.61 Å². The van der Waals surface area contributed by atoms with Crippen LogP contribution in [-0.2, 0) is 4.74 Å². The topological polar surface area (TPSA) is 35.2 Å². The first-order valence-corrected chi connectivity index (χ1v) is 7.06. The van der Waals surface area contributed by atoms with Gasteiger partial charge in [0, 0.05) is 28.4 Å². The molecule has 4 heteroatoms. The molecule has 15 heavy (non-hydrogen) atoms. The Morgan fingerprint density at radius 3 is 3.07 bits per heavy atom. The Kier molecular flexibility index (Phi) is 3.83. The third-order valence-electron chi connectivity index (χ3n) is 3.13. The second-order valence-electron chi connectivity index (χ2n) is 3.97. The summed E-state index contributed by atoms with van der Waals surface area (Å²) in [5.74, 6) is 0.473. The third kappa shape index (κ3) is 2.28. The second kappa shape index (κ2) is 4.95. The molecule has 0 aromatic carbocycles. The molecule has 0 aliphatic carbocycles. The molecule has 1 aliphatic rings. The van der Waals surface area contributed by atoms with Crippen molar-refractivity contribution in [2.24, 2.45) is 11.7 Å². The molecular formula is C11H16BrNOS. The highest BCUT2D eigenvalue weighted by molar-refractivity contribution is 9.10. The van der Waals surface area contributed by atoms with E-state index in [1.54, 1.807) is 11.3 Å². The quantitative estimate of drug-likeness (QED) is 0.926. The first-order chi connectivity index (χ1) is 7.24. The first kappa shape index (κ1) is 11.6. The van der Waals surface area contributed by atoms with Gasteiger partial charge in [0.1, 0.15) is 0 Å². The number of thiophene rings is 1. The van der Waals surface area contributed by atoms with E-state index in [-0.39, 0.29) is 6.04 Å². The largest absolute Gasteiger partial charge is 0.378 e. The molecule has 0 amide bonds. The van der Waals surface area contributed by atoms with Gasteiger partial charge in [0.15, 0.2) is 0 Å². The van der Waals surface area contributed by atoms with Crippen molar-refractivity contribution in [1.29, 1.82) is 0 Å². The van der Waals surface area contributed by atoms with E-state index in [0.29, 0.717) is 12.0 Å². The van der Waals surface area contributed by atoms with Gasteiger partial charge in [0.2, 0.25) is 0 Å². The summed E-state index contributed by atoms with van der Waals surface area (Å²) < 4.78 is 6.82. The molecule has 2 rings (SSSR count). The van der Waals surface area contributed by atoms with Crippen LogP contribution in [0.3, 0.4) is 0 Å². The Hall–Kier alpha value is 0.100. The van der Waals surface area contributed by atoms with E-state index in [9.17, 15) is 0 Å². The zero-order chi connectivity index (χ0) is 10.8. The van der Waals surface area contributed by atoms with Crippen molar-refractivity contribution in [3.63, 3.8) is 0 Å². The van der Waals surface area contributed by atoms with E-state index in [4.69, 9.17) is 10.5 Å². The van der Waals surface area contributed by atoms with Crippen LogP contribution in [0.4, 0.5) is 0 Å². The van der Waals surface area contributed by atoms with Gasteiger partial charge in [-0.3, -0.25) is 0 Å². The molecule has 1 aromatic rings. The summed E-state index contributed by atoms with van der Waals surface area (Å²) in [6.45, 7) is 3.02. The zero-order valence-corrected chi connectivity index (χ0v) is 11.2. The average molecular weight is 290 g/mol. The highest BCUT2D eigenvalue weighted by atomic mass is 79.9. The van der Waals surface area contributed by atoms with Crippen LogP contribution in [0.5, 0.6) is 0 Å². The van der Waals surface area contributed by atoms with Crippen LogP contribution in [-0.4, -0.2) is 12.7 Å². The minimum absolute atomic E-state index is 0.109. The van der Waals surface area contributed by atoms with Crippen LogP contribution in [0.25, 0.3) is 0 Å². The van der Waals surface area contributed by atoms with Crippen molar-refractivity contribution in [3.05, 3.63) is 20.8 Å². The maximum absolute atomic E-state index is 6.31. The van der Waals surface area contributed by atoms with Gasteiger partial charge in [-0.1, -0.05) is 6.92 Å². The summed E-state index contributed by atoms with van der Waals surface area (Å²) in [5.41, 5.74) is 7.54. The SMILES string of the molecule is CCC1OCCC1C(N)c1cscc1Br. The van der Waals surface area contributed by atoms with E-state index < -0.39 is 0 Å². The van der Waals surface area contributed by atoms with Crippen LogP contribution in [0.1, 0.15) is 31.4 Å². The maximum atomic E-state index is 6.31. The molecule has 1 aliphatic heterocycles. The van der Waals surface area contributed by atoms with Gasteiger partial charge < -0.3 is 10.5 Å². The lowest BCUT2D eigenvalue weighted by Gasteiger charge is -2.23. The lowest BCUT2D eigenvalue weighted by Crippen LogP contribution is -2.27. The van der Waals surface area contributed by atoms with Gasteiger partial charge in [0.25, 0.3) is 0 Å². The minimum Gasteiger partial charge on any atom is -0.378 e. The number of ether oxygens (including phenoxy) is 1. The Morgan fingerprint density at radius 2 is 2.47 bits per heavy atom. The number of hydrogen-bond donors (Lipinski definition) is 1. The van der Waals surface area contributed by atoms with Crippen molar-refractivity contribution in [3.8, 4) is 0 Å². The summed E-state index contributed by atoms with van der Waals surface area (Å²) in [6.07, 6.45) is 2.48. The van der Waals surface area contributed by atoms with E-state index in [2.05, 4.69) is 33.6 Å². The van der Waals surface area contributed by atoms with Gasteiger partial charge in [-0.2, -0.15) is 11.3 Å². The van der Waals surface area contributed by atoms with Crippen molar-refractivity contribution in [2.45, 2.75) is 31.9 Å². The van der Waals surface area contributed by atoms with Gasteiger partial charge in [-0.15, -0.1) is 0 Å². The highest BCUT2D eigenvalue weighted by Gasteiger charge is 2.33. The molecule has 0 radical (unpaired) electrons. The van der Waals surface area contributed by atoms with Gasteiger partial charge in [0.05, 0.1) is 6.10 Å². The molecular weight excluding hydrogens is 274 g/mol. The number of rotatable bonds is 3. The van der Waals surface area contributed by atoms with Crippen LogP contribution in [0, 0.1) is 5.92 Å². The fraction of sp³-hybridized carbons (Fsp3) is 0.636. The summed E-state index contributed by atoms with van der Waals surface area (Å²) in [7, 11) is 0. The van der Waals surface area contributed by atoms with E-state index >= 15 is 0 Å². The lowest BCUT2D eigenvalue weighted by molar-refractivity contribution is 0.0813. The molecule has 0 spiro atoms. The van der Waals surface area contributed by atoms with Gasteiger partial charge in [-0.05, 0) is 39.7 Å². The summed E-state index contributed by atoms with van der Waals surface area (Å²) in [6, 6.07) is 0.109. The second-order valence-corrected chi connectivity index (χ2v) is 5.57.